The molecule has 144 valence electrons. The van der Waals surface area contributed by atoms with Crippen LogP contribution in [0.2, 0.25) is 0 Å². The number of benzene rings is 1. The third-order valence-corrected chi connectivity index (χ3v) is 5.40. The van der Waals surface area contributed by atoms with Gasteiger partial charge in [0.15, 0.2) is 0 Å². The number of fused-ring (bicyclic) bond motifs is 2. The zero-order valence-electron chi connectivity index (χ0n) is 15.4. The Morgan fingerprint density at radius 3 is 2.83 bits per heavy atom. The van der Waals surface area contributed by atoms with Crippen LogP contribution in [0.3, 0.4) is 0 Å². The highest BCUT2D eigenvalue weighted by atomic mass is 16.2. The summed E-state index contributed by atoms with van der Waals surface area (Å²) in [5.74, 6) is -0.535. The topological polar surface area (TPSA) is 118 Å². The molecule has 1 unspecified atom stereocenters. The van der Waals surface area contributed by atoms with Crippen molar-refractivity contribution < 1.29 is 14.4 Å². The van der Waals surface area contributed by atoms with E-state index in [0.717, 1.165) is 22.0 Å². The van der Waals surface area contributed by atoms with E-state index in [1.807, 2.05) is 24.3 Å². The fraction of sp³-hybridized carbons (Fsp3) is 0.190. The Labute approximate surface area is 165 Å². The second-order valence-corrected chi connectivity index (χ2v) is 7.24. The highest BCUT2D eigenvalue weighted by molar-refractivity contribution is 6.05. The van der Waals surface area contributed by atoms with Crippen molar-refractivity contribution in [3.05, 3.63) is 53.7 Å². The van der Waals surface area contributed by atoms with Crippen molar-refractivity contribution in [2.45, 2.75) is 25.4 Å². The smallest absolute Gasteiger partial charge is 0.255 e. The summed E-state index contributed by atoms with van der Waals surface area (Å²) < 4.78 is 0. The predicted octanol–water partition coefficient (Wildman–Crippen LogP) is 1.64. The van der Waals surface area contributed by atoms with Gasteiger partial charge in [-0.2, -0.15) is 0 Å². The van der Waals surface area contributed by atoms with E-state index in [4.69, 9.17) is 5.73 Å². The van der Waals surface area contributed by atoms with Gasteiger partial charge in [0.2, 0.25) is 11.8 Å². The van der Waals surface area contributed by atoms with E-state index in [-0.39, 0.29) is 18.2 Å². The molecule has 2 aliphatic heterocycles. The summed E-state index contributed by atoms with van der Waals surface area (Å²) in [5, 5.41) is 3.20. The van der Waals surface area contributed by atoms with E-state index < -0.39 is 11.9 Å². The van der Waals surface area contributed by atoms with Gasteiger partial charge in [0, 0.05) is 35.7 Å². The Morgan fingerprint density at radius 1 is 1.14 bits per heavy atom. The summed E-state index contributed by atoms with van der Waals surface area (Å²) in [6.45, 7) is 0.308. The van der Waals surface area contributed by atoms with Gasteiger partial charge in [0.1, 0.15) is 11.9 Å². The molecule has 1 atom stereocenters. The molecule has 0 aliphatic carbocycles. The number of nitrogens with two attached hydrogens (primary N) is 1. The maximum absolute atomic E-state index is 12.9. The first-order chi connectivity index (χ1) is 14.0. The SMILES string of the molecule is Nc1cc2cccnc2c(-c2ccc3c(c2)CN(C2CCC(=O)NC2=O)C3=O)n1. The Morgan fingerprint density at radius 2 is 2.00 bits per heavy atom. The van der Waals surface area contributed by atoms with Crippen LogP contribution in [-0.2, 0) is 16.1 Å². The van der Waals surface area contributed by atoms with Crippen LogP contribution >= 0.6 is 0 Å². The monoisotopic (exact) mass is 387 g/mol. The number of rotatable bonds is 2. The standard InChI is InChI=1S/C21H17N5O3/c22-16-9-11-2-1-7-23-18(11)19(24-16)12-3-4-14-13(8-12)10-26(21(14)29)15-5-6-17(27)25-20(15)28/h1-4,7-9,15H,5-6,10H2,(H2,22,24)(H,25,27,28). The summed E-state index contributed by atoms with van der Waals surface area (Å²) in [5.41, 5.74) is 9.52. The molecule has 0 radical (unpaired) electrons. The number of nitrogen functional groups attached to an aromatic ring is 1. The van der Waals surface area contributed by atoms with Crippen molar-refractivity contribution in [3.8, 4) is 11.3 Å². The molecule has 4 heterocycles. The van der Waals surface area contributed by atoms with Gasteiger partial charge in [-0.3, -0.25) is 24.7 Å². The summed E-state index contributed by atoms with van der Waals surface area (Å²) in [7, 11) is 0. The van der Waals surface area contributed by atoms with Crippen LogP contribution in [0, 0.1) is 0 Å². The van der Waals surface area contributed by atoms with Crippen LogP contribution in [0.25, 0.3) is 22.2 Å². The zero-order valence-corrected chi connectivity index (χ0v) is 15.4. The molecule has 5 rings (SSSR count). The molecule has 3 N–H and O–H groups in total. The van der Waals surface area contributed by atoms with Gasteiger partial charge in [-0.1, -0.05) is 12.1 Å². The molecule has 0 bridgehead atoms. The summed E-state index contributed by atoms with van der Waals surface area (Å²) >= 11 is 0. The molecular weight excluding hydrogens is 370 g/mol. The van der Waals surface area contributed by atoms with Gasteiger partial charge in [-0.15, -0.1) is 0 Å². The second-order valence-electron chi connectivity index (χ2n) is 7.24. The van der Waals surface area contributed by atoms with Crippen molar-refractivity contribution in [3.63, 3.8) is 0 Å². The van der Waals surface area contributed by atoms with Gasteiger partial charge in [-0.25, -0.2) is 4.98 Å². The number of carbonyl (C=O) groups excluding carboxylic acids is 3. The lowest BCUT2D eigenvalue weighted by Gasteiger charge is -2.29. The number of imide groups is 1. The van der Waals surface area contributed by atoms with Gasteiger partial charge in [0.05, 0.1) is 11.2 Å². The average Bonchev–Trinajstić information content (AvgIpc) is 3.03. The minimum absolute atomic E-state index is 0.204. The Bertz CT molecular complexity index is 1210. The molecule has 0 spiro atoms. The van der Waals surface area contributed by atoms with Gasteiger partial charge >= 0.3 is 0 Å². The van der Waals surface area contributed by atoms with Crippen molar-refractivity contribution in [2.75, 3.05) is 5.73 Å². The van der Waals surface area contributed by atoms with E-state index in [1.165, 1.54) is 4.90 Å². The molecule has 1 aromatic carbocycles. The molecule has 1 saturated heterocycles. The highest BCUT2D eigenvalue weighted by Gasteiger charge is 2.39. The summed E-state index contributed by atoms with van der Waals surface area (Å²) in [4.78, 5) is 46.9. The molecule has 29 heavy (non-hydrogen) atoms. The summed E-state index contributed by atoms with van der Waals surface area (Å²) in [6, 6.07) is 10.4. The largest absolute Gasteiger partial charge is 0.384 e. The highest BCUT2D eigenvalue weighted by Crippen LogP contribution is 2.33. The number of nitrogens with zero attached hydrogens (tertiary/aromatic N) is 3. The molecule has 0 saturated carbocycles. The minimum Gasteiger partial charge on any atom is -0.384 e. The average molecular weight is 387 g/mol. The fourth-order valence-corrected chi connectivity index (χ4v) is 4.03. The Hall–Kier alpha value is -3.81. The number of anilines is 1. The number of hydrogen-bond donors (Lipinski definition) is 2. The first-order valence-electron chi connectivity index (χ1n) is 9.30. The van der Waals surface area contributed by atoms with Crippen molar-refractivity contribution >= 4 is 34.4 Å². The second kappa shape index (κ2) is 6.37. The van der Waals surface area contributed by atoms with E-state index in [0.29, 0.717) is 30.0 Å². The molecule has 2 aromatic heterocycles. The number of hydrogen-bond acceptors (Lipinski definition) is 6. The van der Waals surface area contributed by atoms with E-state index in [1.54, 1.807) is 18.3 Å². The van der Waals surface area contributed by atoms with Crippen molar-refractivity contribution in [2.24, 2.45) is 0 Å². The summed E-state index contributed by atoms with van der Waals surface area (Å²) in [6.07, 6.45) is 2.26. The zero-order chi connectivity index (χ0) is 20.1. The van der Waals surface area contributed by atoms with Crippen LogP contribution in [0.15, 0.2) is 42.6 Å². The number of nitrogens with one attached hydrogen (secondary N) is 1. The lowest BCUT2D eigenvalue weighted by molar-refractivity contribution is -0.136. The Kier molecular flexibility index (Phi) is 3.80. The first kappa shape index (κ1) is 17.3. The van der Waals surface area contributed by atoms with Gasteiger partial charge in [-0.05, 0) is 36.2 Å². The number of amides is 3. The fourth-order valence-electron chi connectivity index (χ4n) is 4.03. The first-order valence-corrected chi connectivity index (χ1v) is 9.30. The van der Waals surface area contributed by atoms with Crippen LogP contribution in [0.4, 0.5) is 5.82 Å². The minimum atomic E-state index is -0.635. The van der Waals surface area contributed by atoms with Gasteiger partial charge in [0.25, 0.3) is 5.91 Å². The van der Waals surface area contributed by atoms with Crippen LogP contribution in [-0.4, -0.2) is 38.6 Å². The quantitative estimate of drug-likeness (QED) is 0.646. The predicted molar refractivity (Wildman–Crippen MR) is 105 cm³/mol. The molecule has 8 nitrogen and oxygen atoms in total. The van der Waals surface area contributed by atoms with Crippen molar-refractivity contribution in [1.82, 2.24) is 20.2 Å². The van der Waals surface area contributed by atoms with E-state index in [2.05, 4.69) is 15.3 Å². The van der Waals surface area contributed by atoms with E-state index >= 15 is 0 Å². The normalized spacial score (nSPS) is 18.8. The third-order valence-electron chi connectivity index (χ3n) is 5.40. The number of pyridine rings is 2. The third kappa shape index (κ3) is 2.80. The number of aromatic nitrogens is 2. The van der Waals surface area contributed by atoms with E-state index in [9.17, 15) is 14.4 Å². The number of piperidine rings is 1. The maximum Gasteiger partial charge on any atom is 0.255 e. The molecule has 2 aliphatic rings. The molecule has 3 amide bonds. The van der Waals surface area contributed by atoms with Crippen LogP contribution < -0.4 is 11.1 Å². The molecule has 8 heteroatoms. The van der Waals surface area contributed by atoms with Crippen LogP contribution in [0.1, 0.15) is 28.8 Å². The number of carbonyl (C=O) groups is 3. The molecular formula is C21H17N5O3. The maximum atomic E-state index is 12.9. The van der Waals surface area contributed by atoms with Crippen molar-refractivity contribution in [1.29, 1.82) is 0 Å². The molecule has 1 fully saturated rings. The lowest BCUT2D eigenvalue weighted by Crippen LogP contribution is -2.52. The molecule has 3 aromatic rings. The van der Waals surface area contributed by atoms with Crippen LogP contribution in [0.5, 0.6) is 0 Å². The Balaban J connectivity index is 1.53. The van der Waals surface area contributed by atoms with Gasteiger partial charge < -0.3 is 10.6 Å². The lowest BCUT2D eigenvalue weighted by atomic mass is 10.0.